The van der Waals surface area contributed by atoms with Crippen molar-refractivity contribution in [3.05, 3.63) is 70.7 Å². The fourth-order valence-electron chi connectivity index (χ4n) is 2.73. The minimum absolute atomic E-state index is 0.0542. The lowest BCUT2D eigenvalue weighted by atomic mass is 10.1. The van der Waals surface area contributed by atoms with Gasteiger partial charge in [-0.15, -0.1) is 10.2 Å². The number of carbonyl (C=O) groups is 2. The Hall–Kier alpha value is -2.71. The maximum Gasteiger partial charge on any atom is 0.286 e. The first-order valence-electron chi connectivity index (χ1n) is 9.67. The fourth-order valence-corrected chi connectivity index (χ4v) is 4.28. The van der Waals surface area contributed by atoms with Crippen LogP contribution in [0.1, 0.15) is 34.3 Å². The molecule has 3 aromatic rings. The topological polar surface area (TPSA) is 84.0 Å². The molecule has 2 N–H and O–H groups in total. The van der Waals surface area contributed by atoms with Crippen molar-refractivity contribution in [2.45, 2.75) is 37.1 Å². The van der Waals surface area contributed by atoms with Crippen molar-refractivity contribution in [1.82, 2.24) is 15.5 Å². The summed E-state index contributed by atoms with van der Waals surface area (Å²) in [5.74, 6) is -0.118. The van der Waals surface area contributed by atoms with Crippen LogP contribution in [0.5, 0.6) is 0 Å². The number of thioether (sulfide) groups is 1. The van der Waals surface area contributed by atoms with E-state index in [4.69, 9.17) is 0 Å². The maximum absolute atomic E-state index is 12.3. The predicted octanol–water partition coefficient (Wildman–Crippen LogP) is 4.33. The van der Waals surface area contributed by atoms with Gasteiger partial charge in [0.25, 0.3) is 5.91 Å². The largest absolute Gasteiger partial charge is 0.353 e. The summed E-state index contributed by atoms with van der Waals surface area (Å²) in [6.07, 6.45) is 1.80. The maximum atomic E-state index is 12.3. The molecule has 1 atom stereocenters. The zero-order valence-electron chi connectivity index (χ0n) is 16.9. The van der Waals surface area contributed by atoms with E-state index in [9.17, 15) is 9.59 Å². The van der Waals surface area contributed by atoms with E-state index in [1.165, 1.54) is 28.7 Å². The summed E-state index contributed by atoms with van der Waals surface area (Å²) >= 11 is 2.46. The summed E-state index contributed by atoms with van der Waals surface area (Å²) in [4.78, 5) is 24.5. The molecule has 0 aliphatic carbocycles. The second-order valence-corrected chi connectivity index (χ2v) is 9.17. The Bertz CT molecular complexity index is 974. The predicted molar refractivity (Wildman–Crippen MR) is 122 cm³/mol. The Labute approximate surface area is 184 Å². The van der Waals surface area contributed by atoms with Crippen LogP contribution in [0, 0.1) is 6.92 Å². The summed E-state index contributed by atoms with van der Waals surface area (Å²) in [5.41, 5.74) is 3.09. The van der Waals surface area contributed by atoms with Gasteiger partial charge in [-0.05, 0) is 44.4 Å². The molecule has 156 valence electrons. The van der Waals surface area contributed by atoms with Crippen LogP contribution in [0.2, 0.25) is 0 Å². The Morgan fingerprint density at radius 3 is 2.53 bits per heavy atom. The van der Waals surface area contributed by atoms with E-state index < -0.39 is 0 Å². The van der Waals surface area contributed by atoms with Crippen molar-refractivity contribution in [3.8, 4) is 0 Å². The molecular formula is C22H24N4O2S2. The molecule has 2 aromatic carbocycles. The number of nitrogens with zero attached hydrogens (tertiary/aromatic N) is 2. The van der Waals surface area contributed by atoms with Crippen LogP contribution in [-0.2, 0) is 11.2 Å². The molecule has 0 radical (unpaired) electrons. The van der Waals surface area contributed by atoms with E-state index in [-0.39, 0.29) is 28.6 Å². The number of nitrogens with one attached hydrogen (secondary N) is 2. The number of amides is 2. The number of benzene rings is 2. The summed E-state index contributed by atoms with van der Waals surface area (Å²) in [7, 11) is 0. The van der Waals surface area contributed by atoms with E-state index in [2.05, 4.69) is 33.0 Å². The quantitative estimate of drug-likeness (QED) is 0.484. The molecule has 30 heavy (non-hydrogen) atoms. The van der Waals surface area contributed by atoms with Crippen molar-refractivity contribution in [1.29, 1.82) is 0 Å². The van der Waals surface area contributed by atoms with Crippen LogP contribution in [0.25, 0.3) is 0 Å². The van der Waals surface area contributed by atoms with E-state index in [0.717, 1.165) is 18.4 Å². The second kappa shape index (κ2) is 10.9. The monoisotopic (exact) mass is 440 g/mol. The molecule has 0 fully saturated rings. The lowest BCUT2D eigenvalue weighted by Gasteiger charge is -2.13. The highest BCUT2D eigenvalue weighted by Gasteiger charge is 2.15. The highest BCUT2D eigenvalue weighted by molar-refractivity contribution is 8.01. The molecule has 1 aromatic heterocycles. The summed E-state index contributed by atoms with van der Waals surface area (Å²) in [5, 5.41) is 14.0. The van der Waals surface area contributed by atoms with Gasteiger partial charge in [0.15, 0.2) is 4.34 Å². The first kappa shape index (κ1) is 22.0. The van der Waals surface area contributed by atoms with Gasteiger partial charge in [-0.25, -0.2) is 0 Å². The molecule has 0 aliphatic heterocycles. The van der Waals surface area contributed by atoms with Gasteiger partial charge in [0, 0.05) is 11.7 Å². The zero-order chi connectivity index (χ0) is 21.3. The first-order valence-corrected chi connectivity index (χ1v) is 11.5. The van der Waals surface area contributed by atoms with E-state index in [1.54, 1.807) is 0 Å². The van der Waals surface area contributed by atoms with Crippen molar-refractivity contribution < 1.29 is 9.59 Å². The SMILES string of the molecule is Cc1ccc(NC(=O)c2nnc(SCC(=O)N[C@@H](C)CCc3ccccc3)s2)cc1. The third kappa shape index (κ3) is 6.96. The van der Waals surface area contributed by atoms with Crippen LogP contribution in [-0.4, -0.2) is 33.8 Å². The number of aromatic nitrogens is 2. The average Bonchev–Trinajstić information content (AvgIpc) is 3.22. The number of hydrogen-bond donors (Lipinski definition) is 2. The van der Waals surface area contributed by atoms with Crippen LogP contribution in [0.3, 0.4) is 0 Å². The van der Waals surface area contributed by atoms with Gasteiger partial charge in [-0.3, -0.25) is 9.59 Å². The molecule has 3 rings (SSSR count). The molecule has 2 amide bonds. The molecule has 0 aliphatic rings. The standard InChI is InChI=1S/C22H24N4O2S2/c1-15-8-12-18(13-9-15)24-20(28)21-25-26-22(30-21)29-14-19(27)23-16(2)10-11-17-6-4-3-5-7-17/h3-9,12-13,16H,10-11,14H2,1-2H3,(H,23,27)(H,24,28)/t16-/m0/s1. The molecule has 0 saturated carbocycles. The molecule has 0 unspecified atom stereocenters. The van der Waals surface area contributed by atoms with E-state index in [0.29, 0.717) is 10.0 Å². The normalized spacial score (nSPS) is 11.7. The third-order valence-corrected chi connectivity index (χ3v) is 6.41. The van der Waals surface area contributed by atoms with Crippen molar-refractivity contribution in [3.63, 3.8) is 0 Å². The van der Waals surface area contributed by atoms with E-state index >= 15 is 0 Å². The van der Waals surface area contributed by atoms with Gasteiger partial charge >= 0.3 is 0 Å². The number of anilines is 1. The number of rotatable bonds is 9. The Morgan fingerprint density at radius 2 is 1.80 bits per heavy atom. The van der Waals surface area contributed by atoms with Crippen molar-refractivity contribution in [2.24, 2.45) is 0 Å². The van der Waals surface area contributed by atoms with Gasteiger partial charge in [0.05, 0.1) is 5.75 Å². The number of hydrogen-bond acceptors (Lipinski definition) is 6. The second-order valence-electron chi connectivity index (χ2n) is 6.97. The molecule has 6 nitrogen and oxygen atoms in total. The number of aryl methyl sites for hydroxylation is 2. The summed E-state index contributed by atoms with van der Waals surface area (Å²) < 4.78 is 0.594. The van der Waals surface area contributed by atoms with Gasteiger partial charge in [0.1, 0.15) is 0 Å². The van der Waals surface area contributed by atoms with Crippen LogP contribution in [0.4, 0.5) is 5.69 Å². The smallest absolute Gasteiger partial charge is 0.286 e. The molecular weight excluding hydrogens is 416 g/mol. The van der Waals surface area contributed by atoms with Gasteiger partial charge in [0.2, 0.25) is 10.9 Å². The molecule has 8 heteroatoms. The Morgan fingerprint density at radius 1 is 1.07 bits per heavy atom. The Balaban J connectivity index is 1.41. The van der Waals surface area contributed by atoms with Crippen LogP contribution < -0.4 is 10.6 Å². The lowest BCUT2D eigenvalue weighted by Crippen LogP contribution is -2.34. The number of carbonyl (C=O) groups excluding carboxylic acids is 2. The molecule has 0 saturated heterocycles. The van der Waals surface area contributed by atoms with Crippen molar-refractivity contribution in [2.75, 3.05) is 11.1 Å². The average molecular weight is 441 g/mol. The molecule has 0 bridgehead atoms. The highest BCUT2D eigenvalue weighted by atomic mass is 32.2. The van der Waals surface area contributed by atoms with Gasteiger partial charge in [-0.2, -0.15) is 0 Å². The Kier molecular flexibility index (Phi) is 7.98. The van der Waals surface area contributed by atoms with Crippen LogP contribution >= 0.6 is 23.1 Å². The molecule has 1 heterocycles. The third-order valence-electron chi connectivity index (χ3n) is 4.35. The fraction of sp³-hybridized carbons (Fsp3) is 0.273. The minimum Gasteiger partial charge on any atom is -0.353 e. The first-order chi connectivity index (χ1) is 14.5. The lowest BCUT2D eigenvalue weighted by molar-refractivity contribution is -0.119. The molecule has 0 spiro atoms. The zero-order valence-corrected chi connectivity index (χ0v) is 18.6. The van der Waals surface area contributed by atoms with Gasteiger partial charge < -0.3 is 10.6 Å². The summed E-state index contributed by atoms with van der Waals surface area (Å²) in [6, 6.07) is 17.8. The van der Waals surface area contributed by atoms with Crippen LogP contribution in [0.15, 0.2) is 58.9 Å². The van der Waals surface area contributed by atoms with E-state index in [1.807, 2.05) is 56.3 Å². The minimum atomic E-state index is -0.304. The summed E-state index contributed by atoms with van der Waals surface area (Å²) in [6.45, 7) is 3.99. The van der Waals surface area contributed by atoms with Gasteiger partial charge in [-0.1, -0.05) is 71.1 Å². The van der Waals surface area contributed by atoms with Crippen molar-refractivity contribution >= 4 is 40.6 Å². The highest BCUT2D eigenvalue weighted by Crippen LogP contribution is 2.23.